The summed E-state index contributed by atoms with van der Waals surface area (Å²) in [5, 5.41) is 6.45. The van der Waals surface area contributed by atoms with E-state index < -0.39 is 0 Å². The molecule has 0 aromatic carbocycles. The lowest BCUT2D eigenvalue weighted by Gasteiger charge is -2.14. The number of nitrogens with one attached hydrogen (secondary N) is 2. The molecule has 1 rings (SSSR count). The van der Waals surface area contributed by atoms with Crippen molar-refractivity contribution in [1.82, 2.24) is 9.97 Å². The fourth-order valence-corrected chi connectivity index (χ4v) is 1.33. The Morgan fingerprint density at radius 2 is 2.12 bits per heavy atom. The molecule has 5 heteroatoms. The molecule has 0 aliphatic carbocycles. The van der Waals surface area contributed by atoms with Gasteiger partial charge in [-0.15, -0.1) is 0 Å². The molecular formula is C11H20N4O. The van der Waals surface area contributed by atoms with Crippen molar-refractivity contribution in [2.24, 2.45) is 0 Å². The minimum absolute atomic E-state index is 0.337. The monoisotopic (exact) mass is 224 g/mol. The molecule has 1 heterocycles. The predicted octanol–water partition coefficient (Wildman–Crippen LogP) is 1.75. The fraction of sp³-hybridized carbons (Fsp3) is 0.636. The quantitative estimate of drug-likeness (QED) is 0.739. The van der Waals surface area contributed by atoms with Gasteiger partial charge in [0.1, 0.15) is 18.0 Å². The smallest absolute Gasteiger partial charge is 0.131 e. The first-order valence-corrected chi connectivity index (χ1v) is 5.57. The normalized spacial score (nSPS) is 12.2. The Bertz CT molecular complexity index is 306. The van der Waals surface area contributed by atoms with Crippen LogP contribution >= 0.6 is 0 Å². The van der Waals surface area contributed by atoms with E-state index in [1.165, 1.54) is 0 Å². The van der Waals surface area contributed by atoms with Gasteiger partial charge in [0.2, 0.25) is 0 Å². The third-order valence-corrected chi connectivity index (χ3v) is 2.17. The molecule has 1 aromatic heterocycles. The van der Waals surface area contributed by atoms with Crippen molar-refractivity contribution < 1.29 is 4.74 Å². The molecule has 0 fully saturated rings. The Hall–Kier alpha value is -1.36. The van der Waals surface area contributed by atoms with E-state index in [-0.39, 0.29) is 0 Å². The number of ether oxygens (including phenoxy) is 1. The highest BCUT2D eigenvalue weighted by Gasteiger charge is 2.03. The van der Waals surface area contributed by atoms with Crippen molar-refractivity contribution >= 4 is 11.6 Å². The zero-order chi connectivity index (χ0) is 11.8. The topological polar surface area (TPSA) is 59.1 Å². The lowest BCUT2D eigenvalue weighted by molar-refractivity contribution is 0.191. The Labute approximate surface area is 96.6 Å². The first-order chi connectivity index (χ1) is 7.76. The third kappa shape index (κ3) is 4.44. The van der Waals surface area contributed by atoms with Gasteiger partial charge in [-0.05, 0) is 20.3 Å². The van der Waals surface area contributed by atoms with Crippen LogP contribution in [0, 0.1) is 0 Å². The van der Waals surface area contributed by atoms with E-state index in [0.29, 0.717) is 6.04 Å². The minimum Gasteiger partial charge on any atom is -0.385 e. The van der Waals surface area contributed by atoms with Crippen molar-refractivity contribution in [1.29, 1.82) is 0 Å². The lowest BCUT2D eigenvalue weighted by atomic mass is 10.2. The average molecular weight is 224 g/mol. The van der Waals surface area contributed by atoms with Crippen molar-refractivity contribution in [3.8, 4) is 0 Å². The number of hydrogen-bond acceptors (Lipinski definition) is 5. The van der Waals surface area contributed by atoms with Crippen molar-refractivity contribution in [3.05, 3.63) is 12.4 Å². The van der Waals surface area contributed by atoms with Gasteiger partial charge < -0.3 is 15.4 Å². The molecule has 2 N–H and O–H groups in total. The molecule has 16 heavy (non-hydrogen) atoms. The maximum absolute atomic E-state index is 5.03. The maximum Gasteiger partial charge on any atom is 0.131 e. The average Bonchev–Trinajstić information content (AvgIpc) is 2.27. The van der Waals surface area contributed by atoms with Crippen LogP contribution in [0.4, 0.5) is 11.6 Å². The van der Waals surface area contributed by atoms with E-state index in [9.17, 15) is 0 Å². The molecule has 0 amide bonds. The van der Waals surface area contributed by atoms with E-state index in [4.69, 9.17) is 4.74 Å². The molecule has 1 atom stereocenters. The minimum atomic E-state index is 0.337. The zero-order valence-electron chi connectivity index (χ0n) is 10.2. The second kappa shape index (κ2) is 7.00. The first-order valence-electron chi connectivity index (χ1n) is 5.57. The molecular weight excluding hydrogens is 204 g/mol. The highest BCUT2D eigenvalue weighted by atomic mass is 16.5. The standard InChI is InChI=1S/C11H20N4O/c1-4-12-10-7-11(14-8-13-10)15-9(2)5-6-16-3/h7-9H,4-6H2,1-3H3,(H2,12,13,14,15). The van der Waals surface area contributed by atoms with E-state index >= 15 is 0 Å². The van der Waals surface area contributed by atoms with Crippen LogP contribution in [0.5, 0.6) is 0 Å². The lowest BCUT2D eigenvalue weighted by Crippen LogP contribution is -2.18. The van der Waals surface area contributed by atoms with Gasteiger partial charge in [0.05, 0.1) is 0 Å². The number of aromatic nitrogens is 2. The fourth-order valence-electron chi connectivity index (χ4n) is 1.33. The molecule has 1 aromatic rings. The molecule has 0 aliphatic rings. The number of nitrogens with zero attached hydrogens (tertiary/aromatic N) is 2. The highest BCUT2D eigenvalue weighted by molar-refractivity contribution is 5.46. The Kier molecular flexibility index (Phi) is 5.56. The summed E-state index contributed by atoms with van der Waals surface area (Å²) in [5.74, 6) is 1.69. The van der Waals surface area contributed by atoms with Gasteiger partial charge in [-0.1, -0.05) is 0 Å². The van der Waals surface area contributed by atoms with Gasteiger partial charge in [-0.2, -0.15) is 0 Å². The Balaban J connectivity index is 2.49. The van der Waals surface area contributed by atoms with E-state index in [0.717, 1.165) is 31.2 Å². The molecule has 0 saturated carbocycles. The van der Waals surface area contributed by atoms with Crippen molar-refractivity contribution in [2.45, 2.75) is 26.3 Å². The van der Waals surface area contributed by atoms with Gasteiger partial charge in [-0.3, -0.25) is 0 Å². The highest BCUT2D eigenvalue weighted by Crippen LogP contribution is 2.10. The van der Waals surface area contributed by atoms with Crippen LogP contribution in [0.2, 0.25) is 0 Å². The SMILES string of the molecule is CCNc1cc(NC(C)CCOC)ncn1. The van der Waals surface area contributed by atoms with Gasteiger partial charge in [-0.25, -0.2) is 9.97 Å². The van der Waals surface area contributed by atoms with Crippen LogP contribution in [0.1, 0.15) is 20.3 Å². The molecule has 0 radical (unpaired) electrons. The van der Waals surface area contributed by atoms with Crippen molar-refractivity contribution in [3.63, 3.8) is 0 Å². The maximum atomic E-state index is 5.03. The molecule has 90 valence electrons. The number of rotatable bonds is 7. The van der Waals surface area contributed by atoms with Gasteiger partial charge >= 0.3 is 0 Å². The molecule has 0 spiro atoms. The van der Waals surface area contributed by atoms with Crippen LogP contribution in [-0.2, 0) is 4.74 Å². The number of anilines is 2. The molecule has 0 bridgehead atoms. The molecule has 5 nitrogen and oxygen atoms in total. The van der Waals surface area contributed by atoms with Gasteiger partial charge in [0, 0.05) is 32.4 Å². The summed E-state index contributed by atoms with van der Waals surface area (Å²) in [7, 11) is 1.71. The van der Waals surface area contributed by atoms with Crippen LogP contribution in [0.15, 0.2) is 12.4 Å². The Morgan fingerprint density at radius 3 is 2.81 bits per heavy atom. The summed E-state index contributed by atoms with van der Waals surface area (Å²) < 4.78 is 5.03. The van der Waals surface area contributed by atoms with Gasteiger partial charge in [0.15, 0.2) is 0 Å². The van der Waals surface area contributed by atoms with Crippen molar-refractivity contribution in [2.75, 3.05) is 30.9 Å². The number of hydrogen-bond donors (Lipinski definition) is 2. The third-order valence-electron chi connectivity index (χ3n) is 2.17. The van der Waals surface area contributed by atoms with Crippen LogP contribution < -0.4 is 10.6 Å². The summed E-state index contributed by atoms with van der Waals surface area (Å²) in [6.07, 6.45) is 2.51. The summed E-state index contributed by atoms with van der Waals surface area (Å²) in [4.78, 5) is 8.28. The zero-order valence-corrected chi connectivity index (χ0v) is 10.2. The summed E-state index contributed by atoms with van der Waals surface area (Å²) in [6.45, 7) is 5.75. The van der Waals surface area contributed by atoms with Crippen LogP contribution in [-0.4, -0.2) is 36.3 Å². The second-order valence-corrected chi connectivity index (χ2v) is 3.65. The first kappa shape index (κ1) is 12.7. The number of methoxy groups -OCH3 is 1. The van der Waals surface area contributed by atoms with E-state index in [2.05, 4.69) is 27.5 Å². The van der Waals surface area contributed by atoms with Crippen LogP contribution in [0.3, 0.4) is 0 Å². The molecule has 1 unspecified atom stereocenters. The predicted molar refractivity (Wildman–Crippen MR) is 65.8 cm³/mol. The van der Waals surface area contributed by atoms with Gasteiger partial charge in [0.25, 0.3) is 0 Å². The van der Waals surface area contributed by atoms with Crippen LogP contribution in [0.25, 0.3) is 0 Å². The summed E-state index contributed by atoms with van der Waals surface area (Å²) in [5.41, 5.74) is 0. The summed E-state index contributed by atoms with van der Waals surface area (Å²) >= 11 is 0. The largest absolute Gasteiger partial charge is 0.385 e. The van der Waals surface area contributed by atoms with E-state index in [1.807, 2.05) is 13.0 Å². The molecule has 0 saturated heterocycles. The Morgan fingerprint density at radius 1 is 1.38 bits per heavy atom. The molecule has 0 aliphatic heterocycles. The van der Waals surface area contributed by atoms with E-state index in [1.54, 1.807) is 13.4 Å². The summed E-state index contributed by atoms with van der Waals surface area (Å²) in [6, 6.07) is 2.25. The second-order valence-electron chi connectivity index (χ2n) is 3.65.